The van der Waals surface area contributed by atoms with Gasteiger partial charge in [-0.2, -0.15) is 0 Å². The van der Waals surface area contributed by atoms with Gasteiger partial charge in [0, 0.05) is 45.4 Å². The summed E-state index contributed by atoms with van der Waals surface area (Å²) in [5.41, 5.74) is 2.84. The largest absolute Gasteiger partial charge is 0.360 e. The van der Waals surface area contributed by atoms with E-state index < -0.39 is 5.41 Å². The highest BCUT2D eigenvalue weighted by molar-refractivity contribution is 9.10. The number of piperidine rings is 1. The number of amides is 2. The van der Waals surface area contributed by atoms with Crippen LogP contribution in [0.15, 0.2) is 47.1 Å². The van der Waals surface area contributed by atoms with Crippen LogP contribution in [0.25, 0.3) is 10.9 Å². The molecule has 0 unspecified atom stereocenters. The zero-order chi connectivity index (χ0) is 19.5. The molecule has 3 aromatic rings. The van der Waals surface area contributed by atoms with E-state index >= 15 is 0 Å². The molecule has 1 fully saturated rings. The summed E-state index contributed by atoms with van der Waals surface area (Å²) in [5, 5.41) is 4.50. The van der Waals surface area contributed by atoms with Gasteiger partial charge in [0.05, 0.1) is 11.0 Å². The molecule has 1 aromatic heterocycles. The first-order valence-electron chi connectivity index (χ1n) is 9.15. The second kappa shape index (κ2) is 6.36. The summed E-state index contributed by atoms with van der Waals surface area (Å²) in [6, 6.07) is 11.4. The predicted molar refractivity (Wildman–Crippen MR) is 113 cm³/mol. The second-order valence-corrected chi connectivity index (χ2v) is 8.76. The molecule has 3 heterocycles. The van der Waals surface area contributed by atoms with Gasteiger partial charge in [-0.1, -0.05) is 33.6 Å². The van der Waals surface area contributed by atoms with Gasteiger partial charge in [0.25, 0.3) is 5.91 Å². The predicted octanol–water partition coefficient (Wildman–Crippen LogP) is 4.71. The molecular weight excluding hydrogens is 442 g/mol. The van der Waals surface area contributed by atoms with E-state index in [1.54, 1.807) is 12.3 Å². The monoisotopic (exact) mass is 457 g/mol. The minimum atomic E-state index is -0.552. The second-order valence-electron chi connectivity index (χ2n) is 7.41. The number of aromatic amines is 1. The maximum absolute atomic E-state index is 13.1. The topological polar surface area (TPSA) is 65.2 Å². The lowest BCUT2D eigenvalue weighted by Crippen LogP contribution is -2.48. The summed E-state index contributed by atoms with van der Waals surface area (Å²) in [6.07, 6.45) is 2.97. The highest BCUT2D eigenvalue weighted by Gasteiger charge is 2.49. The molecule has 28 heavy (non-hydrogen) atoms. The molecule has 0 saturated carbocycles. The molecule has 0 bridgehead atoms. The van der Waals surface area contributed by atoms with Crippen LogP contribution in [0.4, 0.5) is 5.69 Å². The Morgan fingerprint density at radius 1 is 1.14 bits per heavy atom. The average Bonchev–Trinajstić information content (AvgIpc) is 3.21. The number of nitrogens with one attached hydrogen (secondary N) is 2. The number of fused-ring (bicyclic) bond motifs is 3. The number of benzene rings is 2. The van der Waals surface area contributed by atoms with Crippen LogP contribution >= 0.6 is 27.5 Å². The fraction of sp³-hybridized carbons (Fsp3) is 0.238. The first-order chi connectivity index (χ1) is 13.5. The van der Waals surface area contributed by atoms with E-state index in [-0.39, 0.29) is 11.8 Å². The quantitative estimate of drug-likeness (QED) is 0.555. The van der Waals surface area contributed by atoms with Gasteiger partial charge in [0.1, 0.15) is 0 Å². The van der Waals surface area contributed by atoms with Crippen molar-refractivity contribution in [3.8, 4) is 0 Å². The molecule has 2 aromatic carbocycles. The lowest BCUT2D eigenvalue weighted by molar-refractivity contribution is -0.122. The van der Waals surface area contributed by atoms with Gasteiger partial charge in [0.15, 0.2) is 0 Å². The Labute approximate surface area is 175 Å². The van der Waals surface area contributed by atoms with Crippen molar-refractivity contribution in [2.24, 2.45) is 0 Å². The van der Waals surface area contributed by atoms with E-state index in [4.69, 9.17) is 11.6 Å². The van der Waals surface area contributed by atoms with Crippen molar-refractivity contribution in [2.45, 2.75) is 18.3 Å². The van der Waals surface area contributed by atoms with Gasteiger partial charge in [-0.3, -0.25) is 9.59 Å². The highest BCUT2D eigenvalue weighted by Crippen LogP contribution is 2.46. The minimum absolute atomic E-state index is 0.0173. The summed E-state index contributed by atoms with van der Waals surface area (Å²) in [7, 11) is 0. The molecule has 2 N–H and O–H groups in total. The molecule has 7 heteroatoms. The third kappa shape index (κ3) is 2.58. The van der Waals surface area contributed by atoms with Crippen molar-refractivity contribution < 1.29 is 9.59 Å². The molecule has 2 aliphatic heterocycles. The maximum Gasteiger partial charge on any atom is 0.256 e. The van der Waals surface area contributed by atoms with Crippen molar-refractivity contribution in [3.63, 3.8) is 0 Å². The van der Waals surface area contributed by atoms with Crippen LogP contribution in [-0.4, -0.2) is 34.8 Å². The van der Waals surface area contributed by atoms with E-state index in [1.807, 2.05) is 35.2 Å². The Kier molecular flexibility index (Phi) is 4.03. The average molecular weight is 459 g/mol. The molecule has 0 aliphatic carbocycles. The summed E-state index contributed by atoms with van der Waals surface area (Å²) in [6.45, 7) is 1.08. The third-order valence-electron chi connectivity index (χ3n) is 5.96. The number of nitrogens with zero attached hydrogens (tertiary/aromatic N) is 1. The lowest BCUT2D eigenvalue weighted by atomic mass is 9.73. The summed E-state index contributed by atoms with van der Waals surface area (Å²) in [5.74, 6) is 0.0192. The van der Waals surface area contributed by atoms with Gasteiger partial charge in [-0.05, 0) is 48.7 Å². The van der Waals surface area contributed by atoms with Crippen LogP contribution in [0, 0.1) is 0 Å². The minimum Gasteiger partial charge on any atom is -0.360 e. The smallest absolute Gasteiger partial charge is 0.256 e. The third-order valence-corrected chi connectivity index (χ3v) is 6.69. The van der Waals surface area contributed by atoms with E-state index in [0.717, 1.165) is 26.6 Å². The summed E-state index contributed by atoms with van der Waals surface area (Å²) in [4.78, 5) is 30.9. The van der Waals surface area contributed by atoms with Crippen molar-refractivity contribution in [3.05, 3.63) is 63.2 Å². The van der Waals surface area contributed by atoms with E-state index in [0.29, 0.717) is 36.5 Å². The van der Waals surface area contributed by atoms with Crippen molar-refractivity contribution in [2.75, 3.05) is 18.4 Å². The van der Waals surface area contributed by atoms with E-state index in [9.17, 15) is 9.59 Å². The number of likely N-dealkylation sites (tertiary alicyclic amines) is 1. The normalized spacial score (nSPS) is 17.8. The fourth-order valence-corrected chi connectivity index (χ4v) is 4.95. The van der Waals surface area contributed by atoms with Crippen LogP contribution in [0.2, 0.25) is 5.02 Å². The molecule has 142 valence electrons. The zero-order valence-corrected chi connectivity index (χ0v) is 17.2. The molecule has 5 rings (SSSR count). The number of hydrogen-bond acceptors (Lipinski definition) is 2. The number of hydrogen-bond donors (Lipinski definition) is 2. The standard InChI is InChI=1S/C21H17BrClN3O2/c22-12-1-4-17-16(9-12)21(20(28)25-17)5-7-26(8-6-21)19(27)15-11-24-18-10-13(23)2-3-14(15)18/h1-4,9-11,24H,5-8H2,(H,25,28). The Morgan fingerprint density at radius 3 is 2.71 bits per heavy atom. The van der Waals surface area contributed by atoms with Gasteiger partial charge >= 0.3 is 0 Å². The van der Waals surface area contributed by atoms with Crippen LogP contribution in [0.1, 0.15) is 28.8 Å². The first kappa shape index (κ1) is 17.8. The van der Waals surface area contributed by atoms with Crippen LogP contribution in [0.5, 0.6) is 0 Å². The molecule has 5 nitrogen and oxygen atoms in total. The fourth-order valence-electron chi connectivity index (χ4n) is 4.42. The van der Waals surface area contributed by atoms with Gasteiger partial charge in [-0.15, -0.1) is 0 Å². The number of halogens is 2. The Morgan fingerprint density at radius 2 is 1.93 bits per heavy atom. The summed E-state index contributed by atoms with van der Waals surface area (Å²) >= 11 is 9.54. The van der Waals surface area contributed by atoms with Crippen molar-refractivity contribution in [1.29, 1.82) is 0 Å². The van der Waals surface area contributed by atoms with Gasteiger partial charge < -0.3 is 15.2 Å². The van der Waals surface area contributed by atoms with Gasteiger partial charge in [-0.25, -0.2) is 0 Å². The number of carbonyl (C=O) groups is 2. The number of aromatic nitrogens is 1. The van der Waals surface area contributed by atoms with Crippen LogP contribution < -0.4 is 5.32 Å². The number of H-pyrrole nitrogens is 1. The van der Waals surface area contributed by atoms with E-state index in [2.05, 4.69) is 26.2 Å². The molecule has 0 atom stereocenters. The van der Waals surface area contributed by atoms with Crippen LogP contribution in [-0.2, 0) is 10.2 Å². The van der Waals surface area contributed by atoms with Crippen LogP contribution in [0.3, 0.4) is 0 Å². The molecule has 2 amide bonds. The van der Waals surface area contributed by atoms with Crippen molar-refractivity contribution in [1.82, 2.24) is 9.88 Å². The lowest BCUT2D eigenvalue weighted by Gasteiger charge is -2.38. The molecular formula is C21H17BrClN3O2. The highest BCUT2D eigenvalue weighted by atomic mass is 79.9. The summed E-state index contributed by atoms with van der Waals surface area (Å²) < 4.78 is 0.957. The number of carbonyl (C=O) groups excluding carboxylic acids is 2. The zero-order valence-electron chi connectivity index (χ0n) is 14.9. The maximum atomic E-state index is 13.1. The molecule has 0 radical (unpaired) electrons. The molecule has 1 spiro atoms. The van der Waals surface area contributed by atoms with E-state index in [1.165, 1.54) is 0 Å². The SMILES string of the molecule is O=C(c1c[nH]c2cc(Cl)ccc12)N1CCC2(CC1)C(=O)Nc1ccc(Br)cc12. The van der Waals surface area contributed by atoms with Crippen molar-refractivity contribution >= 4 is 55.9 Å². The molecule has 2 aliphatic rings. The Hall–Kier alpha value is -2.31. The first-order valence-corrected chi connectivity index (χ1v) is 10.3. The Bertz CT molecular complexity index is 1130. The van der Waals surface area contributed by atoms with Gasteiger partial charge in [0.2, 0.25) is 5.91 Å². The number of anilines is 1. The molecule has 1 saturated heterocycles. The Balaban J connectivity index is 1.41. The number of rotatable bonds is 1.